The molecular formula is C26H28N8O3. The lowest BCUT2D eigenvalue weighted by atomic mass is 10.1. The van der Waals surface area contributed by atoms with Crippen molar-refractivity contribution in [1.82, 2.24) is 29.5 Å². The fourth-order valence-electron chi connectivity index (χ4n) is 4.60. The van der Waals surface area contributed by atoms with Gasteiger partial charge in [-0.3, -0.25) is 4.79 Å². The van der Waals surface area contributed by atoms with E-state index in [4.69, 9.17) is 15.6 Å². The van der Waals surface area contributed by atoms with Crippen molar-refractivity contribution in [3.63, 3.8) is 0 Å². The number of ether oxygens (including phenoxy) is 1. The first-order valence-electron chi connectivity index (χ1n) is 11.9. The highest BCUT2D eigenvalue weighted by molar-refractivity contribution is 6.03. The van der Waals surface area contributed by atoms with E-state index in [1.807, 2.05) is 35.0 Å². The molecule has 5 rings (SSSR count). The lowest BCUT2D eigenvalue weighted by Gasteiger charge is -2.32. The van der Waals surface area contributed by atoms with E-state index in [2.05, 4.69) is 21.9 Å². The average molecular weight is 501 g/mol. The highest BCUT2D eigenvalue weighted by Gasteiger charge is 2.28. The van der Waals surface area contributed by atoms with Gasteiger partial charge in [-0.1, -0.05) is 30.8 Å². The molecule has 1 aliphatic rings. The van der Waals surface area contributed by atoms with Gasteiger partial charge in [0.25, 0.3) is 0 Å². The molecule has 37 heavy (non-hydrogen) atoms. The molecule has 190 valence electrons. The number of amides is 2. The number of carbonyl (C=O) groups excluding carboxylic acids is 2. The smallest absolute Gasteiger partial charge is 0.410 e. The highest BCUT2D eigenvalue weighted by Crippen LogP contribution is 2.37. The Bertz CT molecular complexity index is 1510. The maximum atomic E-state index is 12.3. The molecule has 1 fully saturated rings. The summed E-state index contributed by atoms with van der Waals surface area (Å²) in [4.78, 5) is 36.2. The Labute approximate surface area is 213 Å². The van der Waals surface area contributed by atoms with Gasteiger partial charge in [0, 0.05) is 43.6 Å². The number of nitrogens with zero attached hydrogens (tertiary/aromatic N) is 6. The van der Waals surface area contributed by atoms with Gasteiger partial charge in [-0.15, -0.1) is 0 Å². The van der Waals surface area contributed by atoms with Gasteiger partial charge >= 0.3 is 6.09 Å². The molecule has 1 atom stereocenters. The van der Waals surface area contributed by atoms with Gasteiger partial charge in [-0.25, -0.2) is 19.4 Å². The van der Waals surface area contributed by atoms with Crippen LogP contribution in [0.15, 0.2) is 55.4 Å². The number of likely N-dealkylation sites (tertiary alicyclic amines) is 1. The molecule has 2 amide bonds. The van der Waals surface area contributed by atoms with Gasteiger partial charge in [0.2, 0.25) is 5.91 Å². The lowest BCUT2D eigenvalue weighted by molar-refractivity contribution is -0.127. The summed E-state index contributed by atoms with van der Waals surface area (Å²) in [5, 5.41) is 10.5. The Kier molecular flexibility index (Phi) is 6.34. The first-order valence-corrected chi connectivity index (χ1v) is 11.9. The van der Waals surface area contributed by atoms with E-state index in [1.54, 1.807) is 25.1 Å². The van der Waals surface area contributed by atoms with E-state index >= 15 is 0 Å². The van der Waals surface area contributed by atoms with Crippen LogP contribution in [0.2, 0.25) is 0 Å². The predicted octanol–water partition coefficient (Wildman–Crippen LogP) is 3.72. The van der Waals surface area contributed by atoms with Crippen LogP contribution in [0, 0.1) is 0 Å². The van der Waals surface area contributed by atoms with Crippen LogP contribution < -0.4 is 15.8 Å². The number of hydrogen-bond donors (Lipinski definition) is 2. The third-order valence-electron chi connectivity index (χ3n) is 6.45. The van der Waals surface area contributed by atoms with Crippen LogP contribution in [0.4, 0.5) is 22.1 Å². The second kappa shape index (κ2) is 9.76. The van der Waals surface area contributed by atoms with E-state index < -0.39 is 6.09 Å². The van der Waals surface area contributed by atoms with Gasteiger partial charge in [0.15, 0.2) is 11.5 Å². The summed E-state index contributed by atoms with van der Waals surface area (Å²) in [5.41, 5.74) is 7.63. The average Bonchev–Trinajstić information content (AvgIpc) is 3.29. The molecule has 0 aliphatic carbocycles. The van der Waals surface area contributed by atoms with Crippen molar-refractivity contribution in [2.24, 2.45) is 0 Å². The van der Waals surface area contributed by atoms with Crippen LogP contribution >= 0.6 is 0 Å². The number of piperidine rings is 1. The van der Waals surface area contributed by atoms with E-state index in [0.29, 0.717) is 41.5 Å². The van der Waals surface area contributed by atoms with Gasteiger partial charge in [-0.2, -0.15) is 5.10 Å². The van der Waals surface area contributed by atoms with Gasteiger partial charge < -0.3 is 25.6 Å². The van der Waals surface area contributed by atoms with Crippen LogP contribution in [0.5, 0.6) is 5.75 Å². The number of hydrogen-bond acceptors (Lipinski definition) is 8. The number of aromatic nitrogens is 4. The number of benzene rings is 2. The summed E-state index contributed by atoms with van der Waals surface area (Å²) in [6.07, 6.45) is 3.97. The molecule has 1 unspecified atom stereocenters. The Morgan fingerprint density at radius 1 is 1.19 bits per heavy atom. The molecule has 11 nitrogen and oxygen atoms in total. The summed E-state index contributed by atoms with van der Waals surface area (Å²) in [6.45, 7) is 4.79. The van der Waals surface area contributed by atoms with Gasteiger partial charge in [0.1, 0.15) is 23.3 Å². The summed E-state index contributed by atoms with van der Waals surface area (Å²) in [6, 6.07) is 11.1. The lowest BCUT2D eigenvalue weighted by Crippen LogP contribution is -2.40. The normalized spacial score (nSPS) is 15.5. The zero-order valence-electron chi connectivity index (χ0n) is 20.7. The van der Waals surface area contributed by atoms with Crippen LogP contribution in [0.1, 0.15) is 18.9 Å². The Morgan fingerprint density at radius 3 is 2.73 bits per heavy atom. The van der Waals surface area contributed by atoms with E-state index in [1.165, 1.54) is 17.3 Å². The highest BCUT2D eigenvalue weighted by atomic mass is 16.6. The number of nitrogen functional groups attached to an aromatic ring is 1. The largest absolute Gasteiger partial charge is 0.414 e. The minimum atomic E-state index is -0.461. The van der Waals surface area contributed by atoms with Crippen molar-refractivity contribution < 1.29 is 14.3 Å². The Morgan fingerprint density at radius 2 is 1.97 bits per heavy atom. The van der Waals surface area contributed by atoms with Crippen LogP contribution in [-0.2, 0) is 4.79 Å². The van der Waals surface area contributed by atoms with Crippen molar-refractivity contribution in [2.75, 3.05) is 38.2 Å². The molecule has 0 saturated carbocycles. The first kappa shape index (κ1) is 24.0. The van der Waals surface area contributed by atoms with E-state index in [0.717, 1.165) is 29.3 Å². The fraction of sp³-hybridized carbons (Fsp3) is 0.269. The second-order valence-electron chi connectivity index (χ2n) is 9.08. The number of nitrogens with one attached hydrogen (secondary N) is 1. The van der Waals surface area contributed by atoms with E-state index in [-0.39, 0.29) is 11.9 Å². The Hall–Kier alpha value is -4.67. The third-order valence-corrected chi connectivity index (χ3v) is 6.45. The van der Waals surface area contributed by atoms with E-state index in [9.17, 15) is 9.59 Å². The molecule has 1 saturated heterocycles. The molecule has 1 aliphatic heterocycles. The van der Waals surface area contributed by atoms with Crippen molar-refractivity contribution in [1.29, 1.82) is 0 Å². The monoisotopic (exact) mass is 500 g/mol. The molecule has 3 N–H and O–H groups in total. The molecule has 0 spiro atoms. The SMILES string of the molecule is C=CC(=O)N1CCCC(n2nc(Nc3ccc(OC(=O)N(C)C)c4ccccc34)c3c(N)ncnc32)C1. The zero-order chi connectivity index (χ0) is 26.1. The molecule has 0 bridgehead atoms. The van der Waals surface area contributed by atoms with Crippen molar-refractivity contribution >= 4 is 51.1 Å². The summed E-state index contributed by atoms with van der Waals surface area (Å²) in [5.74, 6) is 1.15. The molecular weight excluding hydrogens is 472 g/mol. The number of anilines is 3. The van der Waals surface area contributed by atoms with Crippen molar-refractivity contribution in [3.8, 4) is 5.75 Å². The number of carbonyl (C=O) groups is 2. The Balaban J connectivity index is 1.55. The van der Waals surface area contributed by atoms with Crippen molar-refractivity contribution in [3.05, 3.63) is 55.4 Å². The minimum absolute atomic E-state index is 0.0745. The standard InChI is InChI=1S/C26H28N8O3/c1-4-21(35)33-13-7-8-16(14-33)34-25-22(23(27)28-15-29-25)24(31-34)30-19-11-12-20(37-26(36)32(2)3)18-10-6-5-9-17(18)19/h4-6,9-12,15-16H,1,7-8,13-14H2,2-3H3,(H,30,31)(H2,27,28,29). The van der Waals surface area contributed by atoms with Crippen LogP contribution in [0.25, 0.3) is 21.8 Å². The topological polar surface area (TPSA) is 132 Å². The number of nitrogens with two attached hydrogens (primary N) is 1. The summed E-state index contributed by atoms with van der Waals surface area (Å²) in [7, 11) is 3.26. The maximum Gasteiger partial charge on any atom is 0.414 e. The second-order valence-corrected chi connectivity index (χ2v) is 9.08. The molecule has 0 radical (unpaired) electrons. The number of rotatable bonds is 5. The molecule has 2 aromatic heterocycles. The molecule has 11 heteroatoms. The minimum Gasteiger partial charge on any atom is -0.410 e. The first-order chi connectivity index (χ1) is 17.9. The summed E-state index contributed by atoms with van der Waals surface area (Å²) >= 11 is 0. The summed E-state index contributed by atoms with van der Waals surface area (Å²) < 4.78 is 7.39. The molecule has 3 heterocycles. The van der Waals surface area contributed by atoms with Gasteiger partial charge in [-0.05, 0) is 31.1 Å². The van der Waals surface area contributed by atoms with Gasteiger partial charge in [0.05, 0.1) is 6.04 Å². The molecule has 4 aromatic rings. The zero-order valence-corrected chi connectivity index (χ0v) is 20.7. The fourth-order valence-corrected chi connectivity index (χ4v) is 4.60. The van der Waals surface area contributed by atoms with Crippen LogP contribution in [-0.4, -0.2) is 68.7 Å². The van der Waals surface area contributed by atoms with Crippen LogP contribution in [0.3, 0.4) is 0 Å². The quantitative estimate of drug-likeness (QED) is 0.397. The third kappa shape index (κ3) is 4.51. The maximum absolute atomic E-state index is 12.3. The molecule has 2 aromatic carbocycles. The van der Waals surface area contributed by atoms with Crippen molar-refractivity contribution in [2.45, 2.75) is 18.9 Å². The predicted molar refractivity (Wildman–Crippen MR) is 142 cm³/mol. The number of fused-ring (bicyclic) bond motifs is 2.